The number of carboxylic acids is 2. The lowest BCUT2D eigenvalue weighted by atomic mass is 10.1. The Kier molecular flexibility index (Phi) is 6.95. The fourth-order valence-electron chi connectivity index (χ4n) is 2.23. The number of amides is 2. The van der Waals surface area contributed by atoms with Crippen LogP contribution in [-0.2, 0) is 33.4 Å². The molecule has 2 amide bonds. The molecule has 0 aliphatic carbocycles. The molecule has 1 aliphatic rings. The molecule has 1 saturated heterocycles. The molecule has 0 aromatic carbocycles. The highest BCUT2D eigenvalue weighted by Gasteiger charge is 2.44. The van der Waals surface area contributed by atoms with Crippen LogP contribution in [0.1, 0.15) is 19.3 Å². The van der Waals surface area contributed by atoms with Crippen LogP contribution in [0.25, 0.3) is 0 Å². The van der Waals surface area contributed by atoms with Crippen LogP contribution in [0.3, 0.4) is 0 Å². The molecule has 11 heteroatoms. The normalized spacial score (nSPS) is 16.1. The summed E-state index contributed by atoms with van der Waals surface area (Å²) in [7, 11) is 2.49. The summed E-state index contributed by atoms with van der Waals surface area (Å²) in [5, 5.41) is 19.3. The maximum absolute atomic E-state index is 12.0. The summed E-state index contributed by atoms with van der Waals surface area (Å²) >= 11 is 0. The van der Waals surface area contributed by atoms with Gasteiger partial charge in [0.05, 0.1) is 6.54 Å². The average Bonchev–Trinajstić information content (AvgIpc) is 2.81. The Morgan fingerprint density at radius 1 is 1.12 bits per heavy atom. The first-order chi connectivity index (χ1) is 11.2. The fraction of sp³-hybridized carbons (Fsp3) is 0.615. The summed E-state index contributed by atoms with van der Waals surface area (Å²) in [6.07, 6.45) is -2.40. The zero-order valence-electron chi connectivity index (χ0n) is 13.1. The number of Topliss-reactive ketones (excluding diaryl/α,β-unsaturated/α-hetero) is 1. The zero-order chi connectivity index (χ0) is 18.4. The van der Waals surface area contributed by atoms with Crippen molar-refractivity contribution in [2.24, 2.45) is 0 Å². The highest BCUT2D eigenvalue weighted by Crippen LogP contribution is 2.20. The van der Waals surface area contributed by atoms with E-state index in [1.54, 1.807) is 0 Å². The Balaban J connectivity index is 3.23. The topological polar surface area (TPSA) is 151 Å². The Morgan fingerprint density at radius 3 is 2.00 bits per heavy atom. The number of carbonyl (C=O) groups excluding carboxylic acids is 3. The summed E-state index contributed by atoms with van der Waals surface area (Å²) in [4.78, 5) is 58.1. The van der Waals surface area contributed by atoms with Crippen molar-refractivity contribution in [1.82, 2.24) is 10.0 Å². The summed E-state index contributed by atoms with van der Waals surface area (Å²) < 4.78 is 9.83. The molecule has 0 radical (unpaired) electrons. The minimum atomic E-state index is -2.04. The lowest BCUT2D eigenvalue weighted by Crippen LogP contribution is -2.59. The molecular weight excluding hydrogens is 328 g/mol. The van der Waals surface area contributed by atoms with Crippen LogP contribution in [-0.4, -0.2) is 82.9 Å². The second-order valence-corrected chi connectivity index (χ2v) is 4.90. The summed E-state index contributed by atoms with van der Waals surface area (Å²) in [5.41, 5.74) is 0. The number of imide groups is 1. The van der Waals surface area contributed by atoms with E-state index in [4.69, 9.17) is 14.6 Å². The number of hydrogen-bond donors (Lipinski definition) is 2. The van der Waals surface area contributed by atoms with Crippen molar-refractivity contribution < 1.29 is 43.7 Å². The maximum Gasteiger partial charge on any atom is 0.330 e. The lowest BCUT2D eigenvalue weighted by Gasteiger charge is -2.35. The number of hydrazine groups is 1. The highest BCUT2D eigenvalue weighted by molar-refractivity contribution is 6.09. The van der Waals surface area contributed by atoms with Gasteiger partial charge in [-0.3, -0.25) is 19.2 Å². The molecule has 1 heterocycles. The standard InChI is InChI=1S/C13H18N2O9/c1-23-11(24-2)6-14(15-8(17)3-4-9(15)18)12(13(21)22)7(16)5-10(19)20/h11-12H,3-6H2,1-2H3,(H,19,20)(H,21,22). The number of nitrogens with zero attached hydrogens (tertiary/aromatic N) is 2. The molecule has 134 valence electrons. The largest absolute Gasteiger partial charge is 0.481 e. The number of methoxy groups -OCH3 is 2. The third-order valence-electron chi connectivity index (χ3n) is 3.31. The van der Waals surface area contributed by atoms with E-state index in [0.29, 0.717) is 10.0 Å². The van der Waals surface area contributed by atoms with Crippen molar-refractivity contribution in [3.8, 4) is 0 Å². The second-order valence-electron chi connectivity index (χ2n) is 4.90. The number of ketones is 1. The molecule has 1 unspecified atom stereocenters. The van der Waals surface area contributed by atoms with Gasteiger partial charge in [-0.2, -0.15) is 5.01 Å². The van der Waals surface area contributed by atoms with Gasteiger partial charge in [-0.1, -0.05) is 0 Å². The van der Waals surface area contributed by atoms with E-state index >= 15 is 0 Å². The van der Waals surface area contributed by atoms with Crippen molar-refractivity contribution in [1.29, 1.82) is 0 Å². The number of carbonyl (C=O) groups is 5. The van der Waals surface area contributed by atoms with Crippen LogP contribution < -0.4 is 0 Å². The molecule has 0 spiro atoms. The van der Waals surface area contributed by atoms with Gasteiger partial charge in [0.1, 0.15) is 6.42 Å². The van der Waals surface area contributed by atoms with E-state index < -0.39 is 54.8 Å². The number of ether oxygens (including phenoxy) is 2. The zero-order valence-corrected chi connectivity index (χ0v) is 13.1. The van der Waals surface area contributed by atoms with Crippen molar-refractivity contribution in [2.75, 3.05) is 20.8 Å². The van der Waals surface area contributed by atoms with Gasteiger partial charge in [0.15, 0.2) is 18.1 Å². The predicted octanol–water partition coefficient (Wildman–Crippen LogP) is -1.53. The number of hydrogen-bond acceptors (Lipinski definition) is 8. The van der Waals surface area contributed by atoms with Crippen molar-refractivity contribution in [3.05, 3.63) is 0 Å². The van der Waals surface area contributed by atoms with Crippen LogP contribution in [0.4, 0.5) is 0 Å². The van der Waals surface area contributed by atoms with E-state index in [-0.39, 0.29) is 12.8 Å². The van der Waals surface area contributed by atoms with Gasteiger partial charge in [0.2, 0.25) is 11.8 Å². The Hall–Kier alpha value is -2.37. The van der Waals surface area contributed by atoms with E-state index in [1.807, 2.05) is 0 Å². The summed E-state index contributed by atoms with van der Waals surface area (Å²) in [6.45, 7) is -0.438. The molecule has 1 fully saturated rings. The third-order valence-corrected chi connectivity index (χ3v) is 3.31. The van der Waals surface area contributed by atoms with E-state index in [0.717, 1.165) is 0 Å². The molecule has 0 aromatic rings. The molecule has 0 saturated carbocycles. The molecule has 1 rings (SSSR count). The Bertz CT molecular complexity index is 528. The Morgan fingerprint density at radius 2 is 1.62 bits per heavy atom. The van der Waals surface area contributed by atoms with Gasteiger partial charge in [-0.05, 0) is 0 Å². The van der Waals surface area contributed by atoms with Crippen LogP contribution in [0.15, 0.2) is 0 Å². The number of rotatable bonds is 10. The van der Waals surface area contributed by atoms with E-state index in [1.165, 1.54) is 14.2 Å². The maximum atomic E-state index is 12.0. The van der Waals surface area contributed by atoms with Crippen LogP contribution in [0, 0.1) is 0 Å². The minimum Gasteiger partial charge on any atom is -0.481 e. The van der Waals surface area contributed by atoms with Crippen molar-refractivity contribution >= 4 is 29.5 Å². The van der Waals surface area contributed by atoms with Gasteiger partial charge in [0.25, 0.3) is 0 Å². The van der Waals surface area contributed by atoms with Crippen molar-refractivity contribution in [2.45, 2.75) is 31.6 Å². The van der Waals surface area contributed by atoms with Gasteiger partial charge in [0, 0.05) is 27.1 Å². The molecule has 11 nitrogen and oxygen atoms in total. The average molecular weight is 346 g/mol. The monoisotopic (exact) mass is 346 g/mol. The quantitative estimate of drug-likeness (QED) is 0.271. The van der Waals surface area contributed by atoms with Gasteiger partial charge in [-0.15, -0.1) is 0 Å². The van der Waals surface area contributed by atoms with Gasteiger partial charge in [-0.25, -0.2) is 9.80 Å². The summed E-state index contributed by atoms with van der Waals surface area (Å²) in [5.74, 6) is -5.80. The first-order valence-corrected chi connectivity index (χ1v) is 6.88. The highest BCUT2D eigenvalue weighted by atomic mass is 16.7. The van der Waals surface area contributed by atoms with Crippen LogP contribution in [0.2, 0.25) is 0 Å². The number of aliphatic carboxylic acids is 2. The summed E-state index contributed by atoms with van der Waals surface area (Å²) in [6, 6.07) is -2.04. The molecule has 1 aliphatic heterocycles. The third kappa shape index (κ3) is 4.57. The Labute approximate surface area is 136 Å². The predicted molar refractivity (Wildman–Crippen MR) is 74.3 cm³/mol. The van der Waals surface area contributed by atoms with E-state index in [9.17, 15) is 29.1 Å². The van der Waals surface area contributed by atoms with Crippen molar-refractivity contribution in [3.63, 3.8) is 0 Å². The number of carboxylic acid groups (broad SMARTS) is 2. The molecule has 0 aromatic heterocycles. The molecule has 0 bridgehead atoms. The minimum absolute atomic E-state index is 0.139. The molecular formula is C13H18N2O9. The second kappa shape index (κ2) is 8.47. The molecule has 2 N–H and O–H groups in total. The first kappa shape index (κ1) is 19.7. The molecule has 24 heavy (non-hydrogen) atoms. The first-order valence-electron chi connectivity index (χ1n) is 6.88. The van der Waals surface area contributed by atoms with Crippen LogP contribution in [0.5, 0.6) is 0 Å². The van der Waals surface area contributed by atoms with Gasteiger partial charge >= 0.3 is 11.9 Å². The molecule has 1 atom stereocenters. The van der Waals surface area contributed by atoms with Gasteiger partial charge < -0.3 is 19.7 Å². The fourth-order valence-corrected chi connectivity index (χ4v) is 2.23. The van der Waals surface area contributed by atoms with Crippen LogP contribution >= 0.6 is 0 Å². The smallest absolute Gasteiger partial charge is 0.330 e. The SMILES string of the molecule is COC(CN(C(C(=O)O)C(=O)CC(=O)O)N1C(=O)CCC1=O)OC. The lowest BCUT2D eigenvalue weighted by molar-refractivity contribution is -0.186. The van der Waals surface area contributed by atoms with E-state index in [2.05, 4.69) is 0 Å².